The zero-order valence-corrected chi connectivity index (χ0v) is 35.6. The molecule has 0 aliphatic rings. The van der Waals surface area contributed by atoms with Crippen LogP contribution >= 0.6 is 0 Å². The Hall–Kier alpha value is -2.94. The first kappa shape index (κ1) is 55.2. The summed E-state index contributed by atoms with van der Waals surface area (Å²) in [4.78, 5) is 68.4. The molecule has 328 valence electrons. The molecular formula is C42H78N2O12. The van der Waals surface area contributed by atoms with E-state index in [1.165, 1.54) is 44.9 Å². The van der Waals surface area contributed by atoms with Crippen molar-refractivity contribution in [2.75, 3.05) is 59.9 Å². The third-order valence-electron chi connectivity index (χ3n) is 8.90. The Morgan fingerprint density at radius 2 is 1.07 bits per heavy atom. The van der Waals surface area contributed by atoms with Gasteiger partial charge in [0.25, 0.3) is 0 Å². The molecule has 0 aromatic carbocycles. The van der Waals surface area contributed by atoms with E-state index in [1.54, 1.807) is 14.0 Å². The highest BCUT2D eigenvalue weighted by Gasteiger charge is 2.21. The van der Waals surface area contributed by atoms with Gasteiger partial charge in [0, 0.05) is 57.8 Å². The van der Waals surface area contributed by atoms with Gasteiger partial charge in [-0.3, -0.25) is 24.0 Å². The first-order valence-corrected chi connectivity index (χ1v) is 21.0. The Labute approximate surface area is 337 Å². The molecule has 0 radical (unpaired) electrons. The quantitative estimate of drug-likeness (QED) is 0.0474. The fourth-order valence-corrected chi connectivity index (χ4v) is 5.24. The number of ether oxygens (including phenoxy) is 4. The third kappa shape index (κ3) is 40.7. The summed E-state index contributed by atoms with van der Waals surface area (Å²) in [7, 11) is 1.59. The van der Waals surface area contributed by atoms with Crippen LogP contribution in [-0.2, 0) is 47.7 Å². The van der Waals surface area contributed by atoms with Crippen molar-refractivity contribution in [3.63, 3.8) is 0 Å². The van der Waals surface area contributed by atoms with Crippen LogP contribution in [0, 0.1) is 5.41 Å². The van der Waals surface area contributed by atoms with Gasteiger partial charge in [-0.2, -0.15) is 0 Å². The van der Waals surface area contributed by atoms with Crippen LogP contribution in [-0.4, -0.2) is 111 Å². The lowest BCUT2D eigenvalue weighted by Gasteiger charge is -2.16. The van der Waals surface area contributed by atoms with Gasteiger partial charge in [-0.05, 0) is 25.7 Å². The van der Waals surface area contributed by atoms with Crippen LogP contribution < -0.4 is 10.6 Å². The van der Waals surface area contributed by atoms with E-state index in [4.69, 9.17) is 24.1 Å². The molecule has 0 aliphatic heterocycles. The number of nitrogens with one attached hydrogen (secondary N) is 2. The largest absolute Gasteiger partial charge is 0.481 e. The van der Waals surface area contributed by atoms with Crippen molar-refractivity contribution < 1.29 is 57.9 Å². The molecule has 0 spiro atoms. The van der Waals surface area contributed by atoms with Crippen molar-refractivity contribution in [3.05, 3.63) is 0 Å². The number of carbonyl (C=O) groups excluding carboxylic acids is 4. The van der Waals surface area contributed by atoms with Crippen molar-refractivity contribution in [2.45, 2.75) is 169 Å². The number of carboxylic acid groups (broad SMARTS) is 2. The van der Waals surface area contributed by atoms with E-state index < -0.39 is 18.0 Å². The lowest BCUT2D eigenvalue weighted by Crippen LogP contribution is -2.41. The predicted octanol–water partition coefficient (Wildman–Crippen LogP) is 6.84. The molecule has 0 fully saturated rings. The van der Waals surface area contributed by atoms with Crippen molar-refractivity contribution in [2.24, 2.45) is 5.41 Å². The highest BCUT2D eigenvalue weighted by Crippen LogP contribution is 2.15. The number of Topliss-reactive ketones (excluding diaryl/α,β-unsaturated/α-hetero) is 2. The van der Waals surface area contributed by atoms with Gasteiger partial charge in [-0.1, -0.05) is 105 Å². The Bertz CT molecular complexity index is 1030. The van der Waals surface area contributed by atoms with E-state index in [1.807, 2.05) is 20.8 Å². The van der Waals surface area contributed by atoms with Crippen LogP contribution in [0.1, 0.15) is 163 Å². The molecule has 0 bridgehead atoms. The molecule has 14 nitrogen and oxygen atoms in total. The Balaban J connectivity index is 0. The number of carbonyl (C=O) groups is 6. The Kier molecular flexibility index (Phi) is 38.3. The lowest BCUT2D eigenvalue weighted by atomic mass is 9.91. The van der Waals surface area contributed by atoms with Crippen LogP contribution in [0.15, 0.2) is 0 Å². The minimum Gasteiger partial charge on any atom is -0.481 e. The summed E-state index contributed by atoms with van der Waals surface area (Å²) in [5.74, 6) is -1.99. The number of hydrogen-bond donors (Lipinski definition) is 4. The van der Waals surface area contributed by atoms with Gasteiger partial charge in [-0.25, -0.2) is 4.79 Å². The van der Waals surface area contributed by atoms with Crippen LogP contribution in [0.3, 0.4) is 0 Å². The minimum absolute atomic E-state index is 0.0191. The fourth-order valence-electron chi connectivity index (χ4n) is 5.24. The summed E-state index contributed by atoms with van der Waals surface area (Å²) in [6.07, 6.45) is 17.8. The van der Waals surface area contributed by atoms with Crippen molar-refractivity contribution >= 4 is 35.3 Å². The van der Waals surface area contributed by atoms with Gasteiger partial charge in [0.15, 0.2) is 5.78 Å². The molecule has 0 aromatic heterocycles. The molecule has 1 atom stereocenters. The summed E-state index contributed by atoms with van der Waals surface area (Å²) < 4.78 is 20.6. The van der Waals surface area contributed by atoms with Gasteiger partial charge in [0.05, 0.1) is 33.0 Å². The minimum atomic E-state index is -1.11. The van der Waals surface area contributed by atoms with Gasteiger partial charge >= 0.3 is 11.9 Å². The van der Waals surface area contributed by atoms with Gasteiger partial charge < -0.3 is 39.8 Å². The molecule has 0 heterocycles. The number of methoxy groups -OCH3 is 1. The number of rotatable bonds is 38. The van der Waals surface area contributed by atoms with Gasteiger partial charge in [0.2, 0.25) is 11.8 Å². The summed E-state index contributed by atoms with van der Waals surface area (Å²) in [6.45, 7) is 10.8. The van der Waals surface area contributed by atoms with Crippen molar-refractivity contribution in [3.8, 4) is 0 Å². The van der Waals surface area contributed by atoms with Crippen molar-refractivity contribution in [1.82, 2.24) is 10.6 Å². The second-order valence-corrected chi connectivity index (χ2v) is 15.1. The Morgan fingerprint density at radius 3 is 1.57 bits per heavy atom. The zero-order chi connectivity index (χ0) is 42.3. The fraction of sp³-hybridized carbons (Fsp3) is 0.857. The van der Waals surface area contributed by atoms with Crippen LogP contribution in [0.4, 0.5) is 0 Å². The topological polar surface area (TPSA) is 204 Å². The number of carboxylic acids is 2. The maximum absolute atomic E-state index is 12.2. The molecule has 56 heavy (non-hydrogen) atoms. The first-order chi connectivity index (χ1) is 26.7. The average molecular weight is 803 g/mol. The van der Waals surface area contributed by atoms with Crippen LogP contribution in [0.2, 0.25) is 0 Å². The summed E-state index contributed by atoms with van der Waals surface area (Å²) in [5, 5.41) is 23.2. The van der Waals surface area contributed by atoms with E-state index in [-0.39, 0.29) is 54.7 Å². The monoisotopic (exact) mass is 803 g/mol. The average Bonchev–Trinajstić information content (AvgIpc) is 3.14. The molecule has 4 N–H and O–H groups in total. The van der Waals surface area contributed by atoms with Crippen LogP contribution in [0.25, 0.3) is 0 Å². The first-order valence-electron chi connectivity index (χ1n) is 21.0. The van der Waals surface area contributed by atoms with E-state index in [0.717, 1.165) is 44.9 Å². The molecule has 1 unspecified atom stereocenters. The smallest absolute Gasteiger partial charge is 0.326 e. The van der Waals surface area contributed by atoms with E-state index in [2.05, 4.69) is 10.6 Å². The van der Waals surface area contributed by atoms with Gasteiger partial charge in [0.1, 0.15) is 18.4 Å². The summed E-state index contributed by atoms with van der Waals surface area (Å²) in [6, 6.07) is -1.03. The van der Waals surface area contributed by atoms with E-state index in [9.17, 15) is 33.9 Å². The predicted molar refractivity (Wildman–Crippen MR) is 217 cm³/mol. The highest BCUT2D eigenvalue weighted by atomic mass is 16.5. The molecule has 0 rings (SSSR count). The highest BCUT2D eigenvalue weighted by molar-refractivity contribution is 5.85. The Morgan fingerprint density at radius 1 is 0.571 bits per heavy atom. The van der Waals surface area contributed by atoms with Crippen molar-refractivity contribution in [1.29, 1.82) is 0 Å². The molecule has 0 saturated carbocycles. The molecular weight excluding hydrogens is 724 g/mol. The van der Waals surface area contributed by atoms with E-state index >= 15 is 0 Å². The second kappa shape index (κ2) is 38.9. The molecule has 0 aromatic rings. The molecule has 14 heteroatoms. The molecule has 2 amide bonds. The number of unbranched alkanes of at least 4 members (excludes halogenated alkanes) is 13. The number of amides is 2. The van der Waals surface area contributed by atoms with E-state index in [0.29, 0.717) is 71.9 Å². The maximum Gasteiger partial charge on any atom is 0.326 e. The normalized spacial score (nSPS) is 11.7. The summed E-state index contributed by atoms with van der Waals surface area (Å²) >= 11 is 0. The molecule has 0 saturated heterocycles. The summed E-state index contributed by atoms with van der Waals surface area (Å²) in [5.41, 5.74) is -0.356. The number of hydrogen-bond acceptors (Lipinski definition) is 10. The zero-order valence-electron chi connectivity index (χ0n) is 35.6. The number of ketones is 2. The maximum atomic E-state index is 12.2. The SMILES string of the molecule is CCC(=O)NCCOCCOCC(=O)C(C)(C)C.COCCOCCCC(=O)CCC(NC(=O)CCCCCCCCCCCCCCCCC(=O)O)C(=O)O. The lowest BCUT2D eigenvalue weighted by molar-refractivity contribution is -0.142. The molecule has 0 aliphatic carbocycles. The number of aliphatic carboxylic acids is 2. The van der Waals surface area contributed by atoms with Crippen LogP contribution in [0.5, 0.6) is 0 Å². The second-order valence-electron chi connectivity index (χ2n) is 15.1. The third-order valence-corrected chi connectivity index (χ3v) is 8.90. The van der Waals surface area contributed by atoms with Gasteiger partial charge in [-0.15, -0.1) is 0 Å². The standard InChI is InChI=1S/C29H53NO8.C13H25NO4/c1-37-23-24-38-22-16-17-25(31)20-21-26(29(35)36)30-27(32)18-14-12-10-8-6-4-2-3-5-7-9-11-13-15-19-28(33)34;1-5-12(16)14-6-7-17-8-9-18-10-11(15)13(2,3)4/h26H,2-24H2,1H3,(H,30,32)(H,33,34)(H,35,36);5-10H2,1-4H3,(H,14,16).